The van der Waals surface area contributed by atoms with Gasteiger partial charge in [-0.2, -0.15) is 5.10 Å². The third-order valence-electron chi connectivity index (χ3n) is 4.74. The van der Waals surface area contributed by atoms with Crippen LogP contribution in [-0.2, 0) is 36.5 Å². The zero-order chi connectivity index (χ0) is 22.2. The van der Waals surface area contributed by atoms with E-state index in [2.05, 4.69) is 10.1 Å². The number of aromatic nitrogens is 3. The van der Waals surface area contributed by atoms with Crippen molar-refractivity contribution < 1.29 is 27.5 Å². The van der Waals surface area contributed by atoms with Gasteiger partial charge in [-0.1, -0.05) is 18.2 Å². The molecule has 0 radical (unpaired) electrons. The summed E-state index contributed by atoms with van der Waals surface area (Å²) in [6.07, 6.45) is 1.52. The second kappa shape index (κ2) is 7.95. The van der Waals surface area contributed by atoms with Crippen molar-refractivity contribution in [2.75, 3.05) is 6.61 Å². The van der Waals surface area contributed by atoms with Crippen LogP contribution in [0.15, 0.2) is 47.5 Å². The second-order valence-corrected chi connectivity index (χ2v) is 8.81. The van der Waals surface area contributed by atoms with Gasteiger partial charge in [0.1, 0.15) is 6.61 Å². The third-order valence-corrected chi connectivity index (χ3v) is 6.44. The van der Waals surface area contributed by atoms with Crippen LogP contribution in [0.1, 0.15) is 35.6 Å². The molecule has 1 aromatic carbocycles. The molecule has 3 heterocycles. The number of hydrogen-bond donors (Lipinski definition) is 0. The minimum Gasteiger partial charge on any atom is -0.461 e. The molecular formula is C21H19N3O6S. The lowest BCUT2D eigenvalue weighted by Crippen LogP contribution is -2.16. The molecule has 0 fully saturated rings. The van der Waals surface area contributed by atoms with Gasteiger partial charge in [0.25, 0.3) is 0 Å². The van der Waals surface area contributed by atoms with Crippen LogP contribution in [0.5, 0.6) is 0 Å². The van der Waals surface area contributed by atoms with Gasteiger partial charge in [-0.05, 0) is 25.1 Å². The summed E-state index contributed by atoms with van der Waals surface area (Å²) < 4.78 is 37.2. The Morgan fingerprint density at radius 3 is 2.58 bits per heavy atom. The Labute approximate surface area is 178 Å². The first kappa shape index (κ1) is 20.7. The van der Waals surface area contributed by atoms with Crippen LogP contribution in [0.25, 0.3) is 16.9 Å². The molecule has 9 nitrogen and oxygen atoms in total. The molecule has 31 heavy (non-hydrogen) atoms. The largest absolute Gasteiger partial charge is 0.461 e. The monoisotopic (exact) mass is 441 g/mol. The SMILES string of the molecule is CCOC(=O)c1nn(-c2ccc(COC(C)=O)nc2)c2c1CS(=O)(=O)c1ccccc1-2. The molecule has 1 aliphatic rings. The lowest BCUT2D eigenvalue weighted by molar-refractivity contribution is -0.142. The van der Waals surface area contributed by atoms with E-state index in [1.807, 2.05) is 0 Å². The summed E-state index contributed by atoms with van der Waals surface area (Å²) in [7, 11) is -3.64. The van der Waals surface area contributed by atoms with Gasteiger partial charge >= 0.3 is 11.9 Å². The van der Waals surface area contributed by atoms with E-state index in [9.17, 15) is 18.0 Å². The first-order valence-electron chi connectivity index (χ1n) is 9.51. The number of fused-ring (bicyclic) bond motifs is 3. The van der Waals surface area contributed by atoms with E-state index < -0.39 is 21.8 Å². The second-order valence-electron chi connectivity index (χ2n) is 6.85. The Balaban J connectivity index is 1.87. The fraction of sp³-hybridized carbons (Fsp3) is 0.238. The topological polar surface area (TPSA) is 117 Å². The Morgan fingerprint density at radius 1 is 1.13 bits per heavy atom. The van der Waals surface area contributed by atoms with Crippen LogP contribution in [0.3, 0.4) is 0 Å². The molecule has 10 heteroatoms. The predicted molar refractivity (Wildman–Crippen MR) is 109 cm³/mol. The number of nitrogens with zero attached hydrogens (tertiary/aromatic N) is 3. The molecule has 0 saturated heterocycles. The number of rotatable bonds is 5. The molecule has 0 aliphatic carbocycles. The van der Waals surface area contributed by atoms with Gasteiger partial charge in [0.2, 0.25) is 0 Å². The van der Waals surface area contributed by atoms with Crippen molar-refractivity contribution in [3.63, 3.8) is 0 Å². The molecule has 0 atom stereocenters. The van der Waals surface area contributed by atoms with Crippen molar-refractivity contribution in [3.8, 4) is 16.9 Å². The number of hydrogen-bond acceptors (Lipinski definition) is 8. The average Bonchev–Trinajstić information content (AvgIpc) is 3.11. The summed E-state index contributed by atoms with van der Waals surface area (Å²) in [5.74, 6) is -1.46. The maximum atomic E-state index is 12.8. The third kappa shape index (κ3) is 3.81. The van der Waals surface area contributed by atoms with Crippen LogP contribution < -0.4 is 0 Å². The molecule has 3 aromatic rings. The molecule has 0 N–H and O–H groups in total. The number of sulfone groups is 1. The zero-order valence-corrected chi connectivity index (χ0v) is 17.7. The lowest BCUT2D eigenvalue weighted by Gasteiger charge is -2.19. The number of carbonyl (C=O) groups excluding carboxylic acids is 2. The maximum Gasteiger partial charge on any atom is 0.359 e. The standard InChI is InChI=1S/C21H19N3O6S/c1-3-29-21(26)19-17-12-31(27,28)18-7-5-4-6-16(18)20(17)24(23-19)15-9-8-14(22-10-15)11-30-13(2)25/h4-10H,3,11-12H2,1-2H3. The highest BCUT2D eigenvalue weighted by Gasteiger charge is 2.36. The Kier molecular flexibility index (Phi) is 5.32. The van der Waals surface area contributed by atoms with Gasteiger partial charge in [0.05, 0.1) is 40.5 Å². The normalized spacial score (nSPS) is 13.7. The van der Waals surface area contributed by atoms with Crippen LogP contribution in [-0.4, -0.2) is 41.7 Å². The molecule has 0 amide bonds. The van der Waals surface area contributed by atoms with E-state index in [-0.39, 0.29) is 29.6 Å². The van der Waals surface area contributed by atoms with Crippen molar-refractivity contribution in [2.45, 2.75) is 31.1 Å². The zero-order valence-electron chi connectivity index (χ0n) is 16.9. The molecule has 1 aliphatic heterocycles. The van der Waals surface area contributed by atoms with Gasteiger partial charge in [-0.15, -0.1) is 0 Å². The van der Waals surface area contributed by atoms with Crippen molar-refractivity contribution in [2.24, 2.45) is 0 Å². The van der Waals surface area contributed by atoms with E-state index in [0.717, 1.165) is 0 Å². The van der Waals surface area contributed by atoms with Gasteiger partial charge in [0, 0.05) is 18.1 Å². The molecule has 0 spiro atoms. The van der Waals surface area contributed by atoms with E-state index >= 15 is 0 Å². The van der Waals surface area contributed by atoms with Crippen LogP contribution in [0.2, 0.25) is 0 Å². The summed E-state index contributed by atoms with van der Waals surface area (Å²) in [5, 5.41) is 4.40. The first-order valence-corrected chi connectivity index (χ1v) is 11.2. The smallest absolute Gasteiger partial charge is 0.359 e. The van der Waals surface area contributed by atoms with Gasteiger partial charge in [0.15, 0.2) is 15.5 Å². The van der Waals surface area contributed by atoms with Gasteiger partial charge < -0.3 is 9.47 Å². The lowest BCUT2D eigenvalue weighted by atomic mass is 10.1. The van der Waals surface area contributed by atoms with E-state index in [1.54, 1.807) is 37.3 Å². The number of pyridine rings is 1. The molecule has 0 unspecified atom stereocenters. The van der Waals surface area contributed by atoms with Crippen LogP contribution >= 0.6 is 0 Å². The molecule has 0 saturated carbocycles. The maximum absolute atomic E-state index is 12.8. The van der Waals surface area contributed by atoms with Crippen molar-refractivity contribution in [1.29, 1.82) is 0 Å². The van der Waals surface area contributed by atoms with Gasteiger partial charge in [-0.25, -0.2) is 17.9 Å². The van der Waals surface area contributed by atoms with Crippen LogP contribution in [0, 0.1) is 0 Å². The summed E-state index contributed by atoms with van der Waals surface area (Å²) in [6.45, 7) is 3.14. The Morgan fingerprint density at radius 2 is 1.90 bits per heavy atom. The average molecular weight is 441 g/mol. The van der Waals surface area contributed by atoms with E-state index in [4.69, 9.17) is 9.47 Å². The minimum atomic E-state index is -3.64. The Bertz CT molecular complexity index is 1280. The molecule has 0 bridgehead atoms. The fourth-order valence-corrected chi connectivity index (χ4v) is 5.01. The quantitative estimate of drug-likeness (QED) is 0.554. The van der Waals surface area contributed by atoms with E-state index in [0.29, 0.717) is 28.2 Å². The molecule has 4 rings (SSSR count). The van der Waals surface area contributed by atoms with Crippen molar-refractivity contribution in [1.82, 2.24) is 14.8 Å². The minimum absolute atomic E-state index is 0.0297. The van der Waals surface area contributed by atoms with Gasteiger partial charge in [-0.3, -0.25) is 9.78 Å². The number of ether oxygens (including phenoxy) is 2. The van der Waals surface area contributed by atoms with Crippen molar-refractivity contribution >= 4 is 21.8 Å². The Hall–Kier alpha value is -3.53. The first-order chi connectivity index (χ1) is 14.8. The molecule has 160 valence electrons. The molecule has 2 aromatic heterocycles. The number of carbonyl (C=O) groups is 2. The number of esters is 2. The summed E-state index contributed by atoms with van der Waals surface area (Å²) in [6, 6.07) is 9.97. The highest BCUT2D eigenvalue weighted by atomic mass is 32.2. The summed E-state index contributed by atoms with van der Waals surface area (Å²) in [4.78, 5) is 28.0. The molecular weight excluding hydrogens is 422 g/mol. The predicted octanol–water partition coefficient (Wildman–Crippen LogP) is 2.46. The highest BCUT2D eigenvalue weighted by molar-refractivity contribution is 7.90. The van der Waals surface area contributed by atoms with Crippen LogP contribution in [0.4, 0.5) is 0 Å². The number of benzene rings is 1. The summed E-state index contributed by atoms with van der Waals surface area (Å²) >= 11 is 0. The highest BCUT2D eigenvalue weighted by Crippen LogP contribution is 2.40. The van der Waals surface area contributed by atoms with Crippen molar-refractivity contribution in [3.05, 3.63) is 59.5 Å². The fourth-order valence-electron chi connectivity index (χ4n) is 3.42. The van der Waals surface area contributed by atoms with E-state index in [1.165, 1.54) is 23.9 Å². The summed E-state index contributed by atoms with van der Waals surface area (Å²) in [5.41, 5.74) is 2.26.